The van der Waals surface area contributed by atoms with Crippen LogP contribution >= 0.6 is 0 Å². The highest BCUT2D eigenvalue weighted by atomic mass is 32.2. The lowest BCUT2D eigenvalue weighted by atomic mass is 10.2. The van der Waals surface area contributed by atoms with Gasteiger partial charge in [0.25, 0.3) is 0 Å². The predicted molar refractivity (Wildman–Crippen MR) is 80.2 cm³/mol. The number of rotatable bonds is 2. The van der Waals surface area contributed by atoms with Gasteiger partial charge in [-0.2, -0.15) is 0 Å². The molecular weight excluding hydrogens is 290 g/mol. The molecule has 112 valence electrons. The van der Waals surface area contributed by atoms with E-state index in [-0.39, 0.29) is 12.3 Å². The van der Waals surface area contributed by atoms with Gasteiger partial charge >= 0.3 is 0 Å². The molecule has 7 heteroatoms. The highest BCUT2D eigenvalue weighted by Crippen LogP contribution is 2.20. The highest BCUT2D eigenvalue weighted by Gasteiger charge is 2.34. The van der Waals surface area contributed by atoms with E-state index < -0.39 is 21.0 Å². The van der Waals surface area contributed by atoms with Crippen LogP contribution in [0.5, 0.6) is 0 Å². The Kier molecular flexibility index (Phi) is 4.94. The number of nitrogens with two attached hydrogens (primary N) is 1. The molecule has 0 radical (unpaired) electrons. The molecule has 0 aliphatic carbocycles. The highest BCUT2D eigenvalue weighted by molar-refractivity contribution is 7.92. The summed E-state index contributed by atoms with van der Waals surface area (Å²) in [5, 5.41) is 1.58. The first-order valence-electron chi connectivity index (χ1n) is 6.71. The van der Waals surface area contributed by atoms with E-state index in [0.717, 1.165) is 6.42 Å². The number of hydrogen-bond acceptors (Lipinski definition) is 5. The van der Waals surface area contributed by atoms with Crippen LogP contribution in [0.2, 0.25) is 0 Å². The number of nitrogens with one attached hydrogen (secondary N) is 1. The third kappa shape index (κ3) is 4.03. The summed E-state index contributed by atoms with van der Waals surface area (Å²) >= 11 is 0. The maximum atomic E-state index is 12.1. The van der Waals surface area contributed by atoms with Crippen LogP contribution in [0.1, 0.15) is 25.0 Å². The average Bonchev–Trinajstić information content (AvgIpc) is 2.45. The van der Waals surface area contributed by atoms with Crippen molar-refractivity contribution in [1.82, 2.24) is 4.98 Å². The molecule has 1 amide bonds. The molecule has 1 unspecified atom stereocenters. The quantitative estimate of drug-likeness (QED) is 0.765. The van der Waals surface area contributed by atoms with Crippen LogP contribution in [0.3, 0.4) is 0 Å². The Balaban J connectivity index is 2.12. The molecule has 1 aliphatic heterocycles. The Morgan fingerprint density at radius 1 is 1.43 bits per heavy atom. The Labute approximate surface area is 124 Å². The second-order valence-electron chi connectivity index (χ2n) is 4.75. The SMILES string of the molecule is NCC#Cc1cccc(NC(=O)C2CCCCS2(=O)=O)n1. The van der Waals surface area contributed by atoms with Gasteiger partial charge in [-0.3, -0.25) is 4.79 Å². The zero-order valence-electron chi connectivity index (χ0n) is 11.5. The van der Waals surface area contributed by atoms with Crippen LogP contribution in [0.4, 0.5) is 5.82 Å². The number of pyridine rings is 1. The fourth-order valence-electron chi connectivity index (χ4n) is 2.17. The van der Waals surface area contributed by atoms with E-state index >= 15 is 0 Å². The van der Waals surface area contributed by atoms with Crippen molar-refractivity contribution in [3.63, 3.8) is 0 Å². The van der Waals surface area contributed by atoms with Crippen LogP contribution in [-0.2, 0) is 14.6 Å². The van der Waals surface area contributed by atoms with Crippen molar-refractivity contribution < 1.29 is 13.2 Å². The second kappa shape index (κ2) is 6.70. The van der Waals surface area contributed by atoms with Crippen molar-refractivity contribution >= 4 is 21.6 Å². The normalized spacial score (nSPS) is 20.1. The molecule has 6 nitrogen and oxygen atoms in total. The van der Waals surface area contributed by atoms with Crippen molar-refractivity contribution in [3.05, 3.63) is 23.9 Å². The molecule has 1 aromatic rings. The van der Waals surface area contributed by atoms with Crippen molar-refractivity contribution in [2.45, 2.75) is 24.5 Å². The lowest BCUT2D eigenvalue weighted by Gasteiger charge is -2.21. The first-order valence-corrected chi connectivity index (χ1v) is 8.43. The molecule has 1 fully saturated rings. The van der Waals surface area contributed by atoms with E-state index in [2.05, 4.69) is 22.1 Å². The average molecular weight is 307 g/mol. The van der Waals surface area contributed by atoms with Gasteiger partial charge in [-0.05, 0) is 30.9 Å². The number of hydrogen-bond donors (Lipinski definition) is 2. The summed E-state index contributed by atoms with van der Waals surface area (Å²) in [6.45, 7) is 0.221. The van der Waals surface area contributed by atoms with Gasteiger partial charge in [0.2, 0.25) is 5.91 Å². The molecule has 2 rings (SSSR count). The Hall–Kier alpha value is -1.91. The molecular formula is C14H17N3O3S. The summed E-state index contributed by atoms with van der Waals surface area (Å²) < 4.78 is 23.8. The number of carbonyl (C=O) groups is 1. The van der Waals surface area contributed by atoms with Gasteiger partial charge in [0, 0.05) is 0 Å². The van der Waals surface area contributed by atoms with Crippen molar-refractivity contribution in [2.24, 2.45) is 5.73 Å². The summed E-state index contributed by atoms with van der Waals surface area (Å²) in [5.41, 5.74) is 5.76. The maximum absolute atomic E-state index is 12.1. The summed E-state index contributed by atoms with van der Waals surface area (Å²) in [5.74, 6) is 5.27. The second-order valence-corrected chi connectivity index (χ2v) is 7.06. The van der Waals surface area contributed by atoms with Crippen LogP contribution in [0.15, 0.2) is 18.2 Å². The number of sulfone groups is 1. The van der Waals surface area contributed by atoms with E-state index in [9.17, 15) is 13.2 Å². The van der Waals surface area contributed by atoms with Gasteiger partial charge in [-0.15, -0.1) is 0 Å². The zero-order valence-corrected chi connectivity index (χ0v) is 12.3. The van der Waals surface area contributed by atoms with Gasteiger partial charge in [-0.25, -0.2) is 13.4 Å². The molecule has 1 aliphatic rings. The fourth-order valence-corrected chi connectivity index (χ4v) is 3.97. The minimum absolute atomic E-state index is 0.0700. The number of aromatic nitrogens is 1. The Bertz CT molecular complexity index is 689. The van der Waals surface area contributed by atoms with Gasteiger partial charge in [0.1, 0.15) is 16.8 Å². The third-order valence-corrected chi connectivity index (χ3v) is 5.36. The summed E-state index contributed by atoms with van der Waals surface area (Å²) in [4.78, 5) is 16.3. The zero-order chi connectivity index (χ0) is 15.3. The molecule has 2 heterocycles. The molecule has 0 bridgehead atoms. The summed E-state index contributed by atoms with van der Waals surface area (Å²) in [6.07, 6.45) is 1.72. The van der Waals surface area contributed by atoms with Crippen LogP contribution < -0.4 is 11.1 Å². The third-order valence-electron chi connectivity index (χ3n) is 3.19. The standard InChI is InChI=1S/C14H17N3O3S/c15-9-4-6-11-5-3-8-13(16-11)17-14(18)12-7-1-2-10-21(12,19)20/h3,5,8,12H,1-2,7,9-10,15H2,(H,16,17,18). The molecule has 1 saturated heterocycles. The first-order chi connectivity index (χ1) is 10.0. The van der Waals surface area contributed by atoms with E-state index in [1.54, 1.807) is 18.2 Å². The number of carbonyl (C=O) groups excluding carboxylic acids is 1. The van der Waals surface area contributed by atoms with Crippen molar-refractivity contribution in [3.8, 4) is 11.8 Å². The molecule has 1 atom stereocenters. The molecule has 3 N–H and O–H groups in total. The number of anilines is 1. The number of amides is 1. The van der Waals surface area contributed by atoms with Crippen molar-refractivity contribution in [2.75, 3.05) is 17.6 Å². The smallest absolute Gasteiger partial charge is 0.243 e. The van der Waals surface area contributed by atoms with Gasteiger partial charge in [-0.1, -0.05) is 18.4 Å². The van der Waals surface area contributed by atoms with Gasteiger partial charge < -0.3 is 11.1 Å². The van der Waals surface area contributed by atoms with E-state index in [1.165, 1.54) is 0 Å². The summed E-state index contributed by atoms with van der Waals surface area (Å²) in [6, 6.07) is 4.98. The van der Waals surface area contributed by atoms with E-state index in [1.807, 2.05) is 0 Å². The van der Waals surface area contributed by atoms with Crippen LogP contribution in [-0.4, -0.2) is 36.9 Å². The lowest BCUT2D eigenvalue weighted by Crippen LogP contribution is -2.39. The maximum Gasteiger partial charge on any atom is 0.243 e. The van der Waals surface area contributed by atoms with Gasteiger partial charge in [0.15, 0.2) is 9.84 Å². The van der Waals surface area contributed by atoms with E-state index in [4.69, 9.17) is 5.73 Å². The topological polar surface area (TPSA) is 102 Å². The molecule has 0 saturated carbocycles. The Morgan fingerprint density at radius 3 is 2.95 bits per heavy atom. The minimum Gasteiger partial charge on any atom is -0.320 e. The molecule has 21 heavy (non-hydrogen) atoms. The monoisotopic (exact) mass is 307 g/mol. The molecule has 0 spiro atoms. The molecule has 1 aromatic heterocycles. The minimum atomic E-state index is -3.35. The number of nitrogens with zero attached hydrogens (tertiary/aromatic N) is 1. The summed E-state index contributed by atoms with van der Waals surface area (Å²) in [7, 11) is -3.35. The Morgan fingerprint density at radius 2 is 2.24 bits per heavy atom. The first kappa shape index (κ1) is 15.5. The van der Waals surface area contributed by atoms with Crippen LogP contribution in [0, 0.1) is 11.8 Å². The van der Waals surface area contributed by atoms with Gasteiger partial charge in [0.05, 0.1) is 12.3 Å². The lowest BCUT2D eigenvalue weighted by molar-refractivity contribution is -0.116. The fraction of sp³-hybridized carbons (Fsp3) is 0.429. The molecule has 0 aromatic carbocycles. The van der Waals surface area contributed by atoms with Crippen LogP contribution in [0.25, 0.3) is 0 Å². The largest absolute Gasteiger partial charge is 0.320 e. The predicted octanol–water partition coefficient (Wildman–Crippen LogP) is 0.298. The van der Waals surface area contributed by atoms with Crippen molar-refractivity contribution in [1.29, 1.82) is 0 Å². The van der Waals surface area contributed by atoms with E-state index in [0.29, 0.717) is 24.4 Å².